The number of nitrogens with zero attached hydrogens (tertiary/aromatic N) is 1. The van der Waals surface area contributed by atoms with Crippen molar-refractivity contribution in [2.45, 2.75) is 45.2 Å². The van der Waals surface area contributed by atoms with Gasteiger partial charge in [-0.1, -0.05) is 24.6 Å². The minimum absolute atomic E-state index is 0.0609. The number of nitrogens with one attached hydrogen (secondary N) is 1. The highest BCUT2D eigenvalue weighted by Gasteiger charge is 2.37. The Morgan fingerprint density at radius 3 is 2.57 bits per heavy atom. The zero-order chi connectivity index (χ0) is 15.5. The Hall–Kier alpha value is -0.770. The summed E-state index contributed by atoms with van der Waals surface area (Å²) < 4.78 is 5.38. The third-order valence-corrected chi connectivity index (χ3v) is 4.86. The Morgan fingerprint density at radius 2 is 2.00 bits per heavy atom. The summed E-state index contributed by atoms with van der Waals surface area (Å²) in [5.41, 5.74) is 1.29. The van der Waals surface area contributed by atoms with Crippen molar-refractivity contribution < 1.29 is 4.74 Å². The van der Waals surface area contributed by atoms with Gasteiger partial charge >= 0.3 is 0 Å². The van der Waals surface area contributed by atoms with Gasteiger partial charge in [-0.2, -0.15) is 0 Å². The van der Waals surface area contributed by atoms with E-state index in [1.807, 2.05) is 6.07 Å². The number of likely N-dealkylation sites (tertiary alicyclic amines) is 1. The van der Waals surface area contributed by atoms with Gasteiger partial charge < -0.3 is 10.1 Å². The number of hydrogen-bond acceptors (Lipinski definition) is 3. The maximum atomic E-state index is 6.16. The van der Waals surface area contributed by atoms with Crippen molar-refractivity contribution in [3.05, 3.63) is 28.8 Å². The topological polar surface area (TPSA) is 24.5 Å². The standard InChI is InChI=1S/C17H27ClN2O/c1-5-19-16(17(2,3)20-10-6-7-11-20)13-8-9-14(18)15(12-13)21-4/h8-9,12,16,19H,5-7,10-11H2,1-4H3. The van der Waals surface area contributed by atoms with Crippen LogP contribution in [-0.2, 0) is 0 Å². The molecule has 1 atom stereocenters. The molecule has 0 radical (unpaired) electrons. The molecule has 0 spiro atoms. The van der Waals surface area contributed by atoms with Gasteiger partial charge in [0, 0.05) is 5.54 Å². The van der Waals surface area contributed by atoms with Crippen molar-refractivity contribution >= 4 is 11.6 Å². The van der Waals surface area contributed by atoms with Crippen molar-refractivity contribution in [2.75, 3.05) is 26.7 Å². The van der Waals surface area contributed by atoms with Crippen molar-refractivity contribution in [1.29, 1.82) is 0 Å². The molecule has 1 aliphatic heterocycles. The quantitative estimate of drug-likeness (QED) is 0.863. The van der Waals surface area contributed by atoms with Crippen LogP contribution in [0.2, 0.25) is 5.02 Å². The smallest absolute Gasteiger partial charge is 0.137 e. The first-order valence-electron chi connectivity index (χ1n) is 7.82. The lowest BCUT2D eigenvalue weighted by Crippen LogP contribution is -2.51. The van der Waals surface area contributed by atoms with E-state index in [0.717, 1.165) is 12.3 Å². The Bertz CT molecular complexity index is 470. The fraction of sp³-hybridized carbons (Fsp3) is 0.647. The number of rotatable bonds is 6. The number of hydrogen-bond donors (Lipinski definition) is 1. The highest BCUT2D eigenvalue weighted by atomic mass is 35.5. The first-order valence-corrected chi connectivity index (χ1v) is 8.20. The highest BCUT2D eigenvalue weighted by Crippen LogP contribution is 2.36. The van der Waals surface area contributed by atoms with Crippen LogP contribution in [0.3, 0.4) is 0 Å². The Morgan fingerprint density at radius 1 is 1.33 bits per heavy atom. The molecule has 1 aromatic carbocycles. The van der Waals surface area contributed by atoms with Gasteiger partial charge in [0.1, 0.15) is 5.75 Å². The van der Waals surface area contributed by atoms with Crippen molar-refractivity contribution in [3.63, 3.8) is 0 Å². The van der Waals surface area contributed by atoms with E-state index >= 15 is 0 Å². The van der Waals surface area contributed by atoms with Crippen LogP contribution < -0.4 is 10.1 Å². The van der Waals surface area contributed by atoms with Crippen LogP contribution in [0, 0.1) is 0 Å². The van der Waals surface area contributed by atoms with Crippen LogP contribution in [-0.4, -0.2) is 37.2 Å². The molecule has 0 saturated carbocycles. The Labute approximate surface area is 133 Å². The fourth-order valence-corrected chi connectivity index (χ4v) is 3.51. The zero-order valence-corrected chi connectivity index (χ0v) is 14.3. The van der Waals surface area contributed by atoms with Crippen molar-refractivity contribution in [2.24, 2.45) is 0 Å². The van der Waals surface area contributed by atoms with E-state index < -0.39 is 0 Å². The Kier molecular flexibility index (Phi) is 5.53. The van der Waals surface area contributed by atoms with Crippen LogP contribution in [0.1, 0.15) is 45.2 Å². The van der Waals surface area contributed by atoms with E-state index in [1.54, 1.807) is 7.11 Å². The molecule has 0 amide bonds. The average molecular weight is 311 g/mol. The second-order valence-electron chi connectivity index (χ2n) is 6.23. The van der Waals surface area contributed by atoms with Gasteiger partial charge in [0.2, 0.25) is 0 Å². The molecule has 1 unspecified atom stereocenters. The van der Waals surface area contributed by atoms with Crippen LogP contribution in [0.4, 0.5) is 0 Å². The summed E-state index contributed by atoms with van der Waals surface area (Å²) in [6, 6.07) is 6.36. The fourth-order valence-electron chi connectivity index (χ4n) is 3.31. The number of methoxy groups -OCH3 is 1. The molecular formula is C17H27ClN2O. The number of halogens is 1. The maximum Gasteiger partial charge on any atom is 0.137 e. The SMILES string of the molecule is CCNC(c1ccc(Cl)c(OC)c1)C(C)(C)N1CCCC1. The summed E-state index contributed by atoms with van der Waals surface area (Å²) >= 11 is 6.16. The normalized spacial score (nSPS) is 18.0. The lowest BCUT2D eigenvalue weighted by atomic mass is 9.87. The minimum Gasteiger partial charge on any atom is -0.495 e. The van der Waals surface area contributed by atoms with E-state index in [2.05, 4.69) is 43.1 Å². The van der Waals surface area contributed by atoms with Crippen LogP contribution >= 0.6 is 11.6 Å². The zero-order valence-electron chi connectivity index (χ0n) is 13.6. The number of benzene rings is 1. The maximum absolute atomic E-state index is 6.16. The van der Waals surface area contributed by atoms with Crippen molar-refractivity contribution in [3.8, 4) is 5.75 Å². The highest BCUT2D eigenvalue weighted by molar-refractivity contribution is 6.32. The summed E-state index contributed by atoms with van der Waals surface area (Å²) in [4.78, 5) is 2.58. The van der Waals surface area contributed by atoms with E-state index in [1.165, 1.54) is 31.5 Å². The minimum atomic E-state index is 0.0609. The molecule has 3 nitrogen and oxygen atoms in total. The van der Waals surface area contributed by atoms with Gasteiger partial charge in [0.05, 0.1) is 18.2 Å². The summed E-state index contributed by atoms with van der Waals surface area (Å²) in [6.07, 6.45) is 2.60. The second kappa shape index (κ2) is 6.99. The lowest BCUT2D eigenvalue weighted by molar-refractivity contribution is 0.107. The van der Waals surface area contributed by atoms with Crippen molar-refractivity contribution in [1.82, 2.24) is 10.2 Å². The number of likely N-dealkylation sites (N-methyl/N-ethyl adjacent to an activating group) is 1. The summed E-state index contributed by atoms with van der Waals surface area (Å²) in [5.74, 6) is 0.745. The average Bonchev–Trinajstić information content (AvgIpc) is 3.00. The van der Waals surface area contributed by atoms with Gasteiger partial charge in [-0.3, -0.25) is 4.90 Å². The largest absolute Gasteiger partial charge is 0.495 e. The third kappa shape index (κ3) is 3.53. The molecule has 2 rings (SSSR count). The van der Waals surface area contributed by atoms with Crippen LogP contribution in [0.15, 0.2) is 18.2 Å². The van der Waals surface area contributed by atoms with E-state index in [-0.39, 0.29) is 11.6 Å². The molecule has 1 saturated heterocycles. The molecule has 0 bridgehead atoms. The first kappa shape index (κ1) is 16.6. The lowest BCUT2D eigenvalue weighted by Gasteiger charge is -2.43. The molecule has 1 fully saturated rings. The van der Waals surface area contributed by atoms with E-state index in [4.69, 9.17) is 16.3 Å². The molecule has 1 N–H and O–H groups in total. The monoisotopic (exact) mass is 310 g/mol. The predicted octanol–water partition coefficient (Wildman–Crippen LogP) is 3.87. The summed E-state index contributed by atoms with van der Waals surface area (Å²) in [7, 11) is 1.67. The van der Waals surface area contributed by atoms with E-state index in [0.29, 0.717) is 5.02 Å². The van der Waals surface area contributed by atoms with Crippen LogP contribution in [0.25, 0.3) is 0 Å². The molecule has 1 aromatic rings. The second-order valence-corrected chi connectivity index (χ2v) is 6.64. The molecule has 0 aromatic heterocycles. The Balaban J connectivity index is 2.33. The van der Waals surface area contributed by atoms with Gasteiger partial charge in [0.25, 0.3) is 0 Å². The summed E-state index contributed by atoms with van der Waals surface area (Å²) in [5, 5.41) is 4.31. The van der Waals surface area contributed by atoms with Gasteiger partial charge in [-0.05, 0) is 64.0 Å². The summed E-state index contributed by atoms with van der Waals surface area (Å²) in [6.45, 7) is 10.1. The predicted molar refractivity (Wildman–Crippen MR) is 89.3 cm³/mol. The molecule has 118 valence electrons. The molecule has 21 heavy (non-hydrogen) atoms. The molecular weight excluding hydrogens is 284 g/mol. The van der Waals surface area contributed by atoms with Crippen LogP contribution in [0.5, 0.6) is 5.75 Å². The third-order valence-electron chi connectivity index (χ3n) is 4.54. The molecule has 1 heterocycles. The van der Waals surface area contributed by atoms with Gasteiger partial charge in [0.15, 0.2) is 0 Å². The van der Waals surface area contributed by atoms with E-state index in [9.17, 15) is 0 Å². The molecule has 0 aliphatic carbocycles. The number of ether oxygens (including phenoxy) is 1. The molecule has 4 heteroatoms. The molecule has 1 aliphatic rings. The van der Waals surface area contributed by atoms with Gasteiger partial charge in [-0.25, -0.2) is 0 Å². The van der Waals surface area contributed by atoms with Gasteiger partial charge in [-0.15, -0.1) is 0 Å². The first-order chi connectivity index (χ1) is 10.0.